The van der Waals surface area contributed by atoms with Crippen molar-refractivity contribution in [2.24, 2.45) is 5.73 Å². The van der Waals surface area contributed by atoms with Crippen LogP contribution < -0.4 is 11.3 Å². The second-order valence-corrected chi connectivity index (χ2v) is 5.82. The van der Waals surface area contributed by atoms with Crippen LogP contribution in [0.5, 0.6) is 0 Å². The van der Waals surface area contributed by atoms with Gasteiger partial charge >= 0.3 is 0 Å². The standard InChI is InChI=1S/C18H20N4O2/c1-3-4-10-13-20-17-14(18(24)21-13)11(2)15(16(19)23)22(17)12-8-6-5-7-9-12/h5-9H,3-4,10H2,1-2H3,(H2,19,23)(H,20,21,24). The number of nitrogens with two attached hydrogens (primary N) is 1. The van der Waals surface area contributed by atoms with Crippen LogP contribution in [0.4, 0.5) is 0 Å². The molecule has 124 valence electrons. The van der Waals surface area contributed by atoms with Gasteiger partial charge in [-0.1, -0.05) is 31.5 Å². The zero-order valence-corrected chi connectivity index (χ0v) is 13.8. The molecule has 0 unspecified atom stereocenters. The molecular weight excluding hydrogens is 304 g/mol. The van der Waals surface area contributed by atoms with E-state index in [4.69, 9.17) is 5.73 Å². The molecule has 0 aliphatic heterocycles. The number of hydrogen-bond acceptors (Lipinski definition) is 3. The Morgan fingerprint density at radius 1 is 1.29 bits per heavy atom. The number of rotatable bonds is 5. The lowest BCUT2D eigenvalue weighted by atomic mass is 10.2. The van der Waals surface area contributed by atoms with Gasteiger partial charge in [0.2, 0.25) is 0 Å². The number of fused-ring (bicyclic) bond motifs is 1. The summed E-state index contributed by atoms with van der Waals surface area (Å²) in [6, 6.07) is 9.34. The van der Waals surface area contributed by atoms with Gasteiger partial charge in [-0.25, -0.2) is 4.98 Å². The number of nitrogens with one attached hydrogen (secondary N) is 1. The Bertz CT molecular complexity index is 955. The fourth-order valence-electron chi connectivity index (χ4n) is 2.98. The van der Waals surface area contributed by atoms with Crippen molar-refractivity contribution in [3.05, 3.63) is 57.8 Å². The Morgan fingerprint density at radius 3 is 2.62 bits per heavy atom. The summed E-state index contributed by atoms with van der Waals surface area (Å²) in [5, 5.41) is 0.410. The first-order chi connectivity index (χ1) is 11.5. The molecule has 2 heterocycles. The van der Waals surface area contributed by atoms with Gasteiger partial charge in [-0.2, -0.15) is 0 Å². The number of aromatic amines is 1. The van der Waals surface area contributed by atoms with Crippen LogP contribution in [0.1, 0.15) is 41.6 Å². The summed E-state index contributed by atoms with van der Waals surface area (Å²) in [5.41, 5.74) is 7.42. The minimum absolute atomic E-state index is 0.235. The second kappa shape index (κ2) is 6.31. The van der Waals surface area contributed by atoms with E-state index in [0.29, 0.717) is 34.5 Å². The zero-order chi connectivity index (χ0) is 17.3. The molecule has 24 heavy (non-hydrogen) atoms. The summed E-state index contributed by atoms with van der Waals surface area (Å²) in [6.07, 6.45) is 2.63. The molecule has 3 aromatic rings. The number of aryl methyl sites for hydroxylation is 2. The van der Waals surface area contributed by atoms with E-state index in [1.165, 1.54) is 0 Å². The van der Waals surface area contributed by atoms with Gasteiger partial charge in [0.25, 0.3) is 11.5 Å². The molecule has 1 aromatic carbocycles. The van der Waals surface area contributed by atoms with Crippen molar-refractivity contribution in [2.45, 2.75) is 33.1 Å². The highest BCUT2D eigenvalue weighted by Crippen LogP contribution is 2.25. The first-order valence-corrected chi connectivity index (χ1v) is 8.04. The van der Waals surface area contributed by atoms with Gasteiger partial charge in [0.1, 0.15) is 11.5 Å². The molecule has 6 nitrogen and oxygen atoms in total. The third kappa shape index (κ3) is 2.60. The van der Waals surface area contributed by atoms with E-state index in [2.05, 4.69) is 16.9 Å². The van der Waals surface area contributed by atoms with Gasteiger partial charge in [-0.05, 0) is 31.0 Å². The van der Waals surface area contributed by atoms with Gasteiger partial charge < -0.3 is 10.7 Å². The van der Waals surface area contributed by atoms with E-state index in [1.54, 1.807) is 11.5 Å². The molecule has 1 amide bonds. The fraction of sp³-hybridized carbons (Fsp3) is 0.278. The van der Waals surface area contributed by atoms with E-state index in [1.807, 2.05) is 30.3 Å². The van der Waals surface area contributed by atoms with Crippen LogP contribution in [-0.4, -0.2) is 20.4 Å². The number of aromatic nitrogens is 3. The third-order valence-electron chi connectivity index (χ3n) is 4.13. The van der Waals surface area contributed by atoms with Crippen LogP contribution in [0.2, 0.25) is 0 Å². The lowest BCUT2D eigenvalue weighted by Gasteiger charge is -2.09. The number of H-pyrrole nitrogens is 1. The molecule has 3 N–H and O–H groups in total. The quantitative estimate of drug-likeness (QED) is 0.755. The summed E-state index contributed by atoms with van der Waals surface area (Å²) in [4.78, 5) is 32.0. The van der Waals surface area contributed by atoms with Crippen molar-refractivity contribution < 1.29 is 4.79 Å². The number of nitrogens with zero attached hydrogens (tertiary/aromatic N) is 2. The van der Waals surface area contributed by atoms with Gasteiger partial charge in [0, 0.05) is 12.1 Å². The van der Waals surface area contributed by atoms with Crippen LogP contribution in [0.25, 0.3) is 16.7 Å². The number of benzene rings is 1. The summed E-state index contributed by atoms with van der Waals surface area (Å²) in [5.74, 6) is 0.0453. The third-order valence-corrected chi connectivity index (χ3v) is 4.13. The SMILES string of the molecule is CCCCc1nc2c(c(C)c(C(N)=O)n2-c2ccccc2)c(=O)[nH]1. The maximum Gasteiger partial charge on any atom is 0.266 e. The van der Waals surface area contributed by atoms with Crippen LogP contribution in [0, 0.1) is 6.92 Å². The van der Waals surface area contributed by atoms with E-state index >= 15 is 0 Å². The number of para-hydroxylation sites is 1. The van der Waals surface area contributed by atoms with Crippen molar-refractivity contribution in [3.63, 3.8) is 0 Å². The molecule has 0 bridgehead atoms. The number of amides is 1. The van der Waals surface area contributed by atoms with Crippen LogP contribution >= 0.6 is 0 Å². The summed E-state index contributed by atoms with van der Waals surface area (Å²) >= 11 is 0. The van der Waals surface area contributed by atoms with Crippen LogP contribution in [0.15, 0.2) is 35.1 Å². The summed E-state index contributed by atoms with van der Waals surface area (Å²) in [6.45, 7) is 3.81. The molecule has 0 aliphatic carbocycles. The molecule has 0 radical (unpaired) electrons. The molecule has 6 heteroatoms. The average molecular weight is 324 g/mol. The largest absolute Gasteiger partial charge is 0.364 e. The molecular formula is C18H20N4O2. The Balaban J connectivity index is 2.38. The molecule has 0 spiro atoms. The maximum atomic E-state index is 12.5. The minimum atomic E-state index is -0.580. The lowest BCUT2D eigenvalue weighted by molar-refractivity contribution is 0.0993. The Morgan fingerprint density at radius 2 is 2.00 bits per heavy atom. The van der Waals surface area contributed by atoms with Crippen molar-refractivity contribution >= 4 is 16.9 Å². The molecule has 0 atom stereocenters. The summed E-state index contributed by atoms with van der Waals surface area (Å²) in [7, 11) is 0. The normalized spacial score (nSPS) is 11.1. The van der Waals surface area contributed by atoms with E-state index in [9.17, 15) is 9.59 Å². The number of carbonyl (C=O) groups excluding carboxylic acids is 1. The van der Waals surface area contributed by atoms with Crippen LogP contribution in [-0.2, 0) is 6.42 Å². The van der Waals surface area contributed by atoms with Gasteiger partial charge in [-0.15, -0.1) is 0 Å². The Hall–Kier alpha value is -2.89. The first-order valence-electron chi connectivity index (χ1n) is 8.04. The number of primary amides is 1. The van der Waals surface area contributed by atoms with E-state index in [-0.39, 0.29) is 5.56 Å². The second-order valence-electron chi connectivity index (χ2n) is 5.82. The smallest absolute Gasteiger partial charge is 0.266 e. The minimum Gasteiger partial charge on any atom is -0.364 e. The molecule has 0 aliphatic rings. The van der Waals surface area contributed by atoms with E-state index in [0.717, 1.165) is 18.5 Å². The highest BCUT2D eigenvalue weighted by Gasteiger charge is 2.23. The monoisotopic (exact) mass is 324 g/mol. The molecule has 3 rings (SSSR count). The molecule has 0 fully saturated rings. The molecule has 0 saturated carbocycles. The van der Waals surface area contributed by atoms with E-state index < -0.39 is 5.91 Å². The van der Waals surface area contributed by atoms with Crippen molar-refractivity contribution in [3.8, 4) is 5.69 Å². The van der Waals surface area contributed by atoms with Gasteiger partial charge in [-0.3, -0.25) is 14.2 Å². The Labute approximate surface area is 139 Å². The van der Waals surface area contributed by atoms with Gasteiger partial charge in [0.15, 0.2) is 5.65 Å². The number of carbonyl (C=O) groups is 1. The topological polar surface area (TPSA) is 93.8 Å². The van der Waals surface area contributed by atoms with Crippen molar-refractivity contribution in [2.75, 3.05) is 0 Å². The maximum absolute atomic E-state index is 12.5. The first kappa shape index (κ1) is 16.0. The van der Waals surface area contributed by atoms with Crippen LogP contribution in [0.3, 0.4) is 0 Å². The average Bonchev–Trinajstić information content (AvgIpc) is 2.87. The predicted molar refractivity (Wildman–Crippen MR) is 93.6 cm³/mol. The van der Waals surface area contributed by atoms with Crippen molar-refractivity contribution in [1.29, 1.82) is 0 Å². The number of unbranched alkanes of at least 4 members (excludes halogenated alkanes) is 1. The highest BCUT2D eigenvalue weighted by molar-refractivity contribution is 6.00. The molecule has 2 aromatic heterocycles. The highest BCUT2D eigenvalue weighted by atomic mass is 16.1. The van der Waals surface area contributed by atoms with Crippen molar-refractivity contribution in [1.82, 2.24) is 14.5 Å². The lowest BCUT2D eigenvalue weighted by Crippen LogP contribution is -2.17. The fourth-order valence-corrected chi connectivity index (χ4v) is 2.98. The number of hydrogen-bond donors (Lipinski definition) is 2. The Kier molecular flexibility index (Phi) is 4.20. The zero-order valence-electron chi connectivity index (χ0n) is 13.8. The predicted octanol–water partition coefficient (Wildman–Crippen LogP) is 2.46. The summed E-state index contributed by atoms with van der Waals surface area (Å²) < 4.78 is 1.68. The van der Waals surface area contributed by atoms with Gasteiger partial charge in [0.05, 0.1) is 5.39 Å². The molecule has 0 saturated heterocycles.